The summed E-state index contributed by atoms with van der Waals surface area (Å²) in [5, 5.41) is 0. The summed E-state index contributed by atoms with van der Waals surface area (Å²) in [6.45, 7) is 0.593. The van der Waals surface area contributed by atoms with Gasteiger partial charge in [-0.2, -0.15) is 0 Å². The van der Waals surface area contributed by atoms with Crippen molar-refractivity contribution >= 4 is 5.57 Å². The molecule has 0 spiro atoms. The van der Waals surface area contributed by atoms with Crippen LogP contribution in [0.25, 0.3) is 16.8 Å². The van der Waals surface area contributed by atoms with Crippen molar-refractivity contribution < 1.29 is 9.47 Å². The number of imidazole rings is 1. The maximum Gasteiger partial charge on any atom is 0.161 e. The van der Waals surface area contributed by atoms with E-state index in [9.17, 15) is 0 Å². The van der Waals surface area contributed by atoms with E-state index in [-0.39, 0.29) is 0 Å². The molecule has 0 fully saturated rings. The van der Waals surface area contributed by atoms with E-state index in [1.54, 1.807) is 7.11 Å². The van der Waals surface area contributed by atoms with Crippen LogP contribution in [0.1, 0.15) is 31.5 Å². The molecule has 1 aromatic heterocycles. The van der Waals surface area contributed by atoms with E-state index in [0.717, 1.165) is 54.3 Å². The molecule has 1 aromatic carbocycles. The van der Waals surface area contributed by atoms with Gasteiger partial charge in [0, 0.05) is 5.56 Å². The number of methoxy groups -OCH3 is 1. The Balaban J connectivity index is 1.51. The number of nitrogens with one attached hydrogen (secondary N) is 1. The first-order chi connectivity index (χ1) is 13.3. The molecule has 0 bridgehead atoms. The fraction of sp³-hybridized carbons (Fsp3) is 0.261. The van der Waals surface area contributed by atoms with Gasteiger partial charge in [0.2, 0.25) is 0 Å². The molecule has 4 rings (SSSR count). The van der Waals surface area contributed by atoms with Crippen LogP contribution in [0, 0.1) is 0 Å². The number of nitrogens with zero attached hydrogens (tertiary/aromatic N) is 1. The number of aromatic amines is 1. The molecule has 1 N–H and O–H groups in total. The number of aromatic nitrogens is 2. The fourth-order valence-electron chi connectivity index (χ4n) is 3.33. The largest absolute Gasteiger partial charge is 0.493 e. The Kier molecular flexibility index (Phi) is 5.24. The zero-order valence-corrected chi connectivity index (χ0v) is 15.6. The molecule has 0 aliphatic heterocycles. The molecule has 4 heteroatoms. The summed E-state index contributed by atoms with van der Waals surface area (Å²) in [7, 11) is 1.67. The normalized spacial score (nSPS) is 16.0. The third-order valence-electron chi connectivity index (χ3n) is 4.88. The first kappa shape index (κ1) is 17.4. The molecule has 1 heterocycles. The van der Waals surface area contributed by atoms with Crippen LogP contribution in [0.3, 0.4) is 0 Å². The number of H-pyrrole nitrogens is 1. The number of ether oxygens (including phenoxy) is 2. The molecular formula is C23H24N2O2. The topological polar surface area (TPSA) is 47.1 Å². The van der Waals surface area contributed by atoms with E-state index in [0.29, 0.717) is 6.61 Å². The number of hydrogen-bond donors (Lipinski definition) is 1. The Bertz CT molecular complexity index is 932. The second kappa shape index (κ2) is 8.12. The molecule has 2 aliphatic carbocycles. The minimum Gasteiger partial charge on any atom is -0.493 e. The van der Waals surface area contributed by atoms with Gasteiger partial charge in [0.25, 0.3) is 0 Å². The van der Waals surface area contributed by atoms with E-state index in [4.69, 9.17) is 9.47 Å². The molecule has 0 unspecified atom stereocenters. The molecule has 0 saturated heterocycles. The molecule has 0 atom stereocenters. The predicted molar refractivity (Wildman–Crippen MR) is 109 cm³/mol. The smallest absolute Gasteiger partial charge is 0.161 e. The lowest BCUT2D eigenvalue weighted by Crippen LogP contribution is -2.03. The lowest BCUT2D eigenvalue weighted by Gasteiger charge is -2.14. The summed E-state index contributed by atoms with van der Waals surface area (Å²) in [5.41, 5.74) is 4.55. The monoisotopic (exact) mass is 360 g/mol. The van der Waals surface area contributed by atoms with Gasteiger partial charge < -0.3 is 14.5 Å². The molecule has 2 aliphatic rings. The average molecular weight is 360 g/mol. The molecule has 138 valence electrons. The van der Waals surface area contributed by atoms with Crippen molar-refractivity contribution in [1.82, 2.24) is 9.97 Å². The Morgan fingerprint density at radius 1 is 1.04 bits per heavy atom. The number of hydrogen-bond acceptors (Lipinski definition) is 3. The minimum absolute atomic E-state index is 0.593. The van der Waals surface area contributed by atoms with Crippen molar-refractivity contribution in [2.75, 3.05) is 13.7 Å². The van der Waals surface area contributed by atoms with Crippen molar-refractivity contribution in [3.8, 4) is 22.8 Å². The van der Waals surface area contributed by atoms with Crippen LogP contribution < -0.4 is 9.47 Å². The summed E-state index contributed by atoms with van der Waals surface area (Å²) in [6, 6.07) is 6.01. The standard InChI is InChI=1S/C23H24N2O2/c1-26-22-14-19(12-13-21(22)27-16-17-8-4-2-5-9-17)20-15-24-23(25-20)18-10-6-3-7-11-18/h2-4,6,8,10,12-15H,5,7,9,11,16H2,1H3,(H,24,25). The van der Waals surface area contributed by atoms with E-state index >= 15 is 0 Å². The first-order valence-electron chi connectivity index (χ1n) is 9.40. The van der Waals surface area contributed by atoms with Crippen LogP contribution in [-0.4, -0.2) is 23.7 Å². The molecular weight excluding hydrogens is 336 g/mol. The lowest BCUT2D eigenvalue weighted by atomic mass is 10.1. The van der Waals surface area contributed by atoms with E-state index < -0.39 is 0 Å². The molecule has 2 aromatic rings. The summed E-state index contributed by atoms with van der Waals surface area (Å²) in [4.78, 5) is 7.98. The highest BCUT2D eigenvalue weighted by Gasteiger charge is 2.12. The summed E-state index contributed by atoms with van der Waals surface area (Å²) in [6.07, 6.45) is 18.9. The van der Waals surface area contributed by atoms with Crippen molar-refractivity contribution in [3.63, 3.8) is 0 Å². The van der Waals surface area contributed by atoms with Crippen LogP contribution in [0.2, 0.25) is 0 Å². The zero-order chi connectivity index (χ0) is 18.5. The van der Waals surface area contributed by atoms with E-state index in [1.807, 2.05) is 24.4 Å². The van der Waals surface area contributed by atoms with Gasteiger partial charge in [-0.05, 0) is 55.0 Å². The van der Waals surface area contributed by atoms with Crippen LogP contribution in [-0.2, 0) is 0 Å². The number of benzene rings is 1. The highest BCUT2D eigenvalue weighted by molar-refractivity contribution is 5.68. The van der Waals surface area contributed by atoms with Crippen LogP contribution in [0.15, 0.2) is 66.4 Å². The second-order valence-electron chi connectivity index (χ2n) is 6.75. The van der Waals surface area contributed by atoms with Crippen molar-refractivity contribution in [2.45, 2.75) is 25.7 Å². The molecule has 0 saturated carbocycles. The van der Waals surface area contributed by atoms with Gasteiger partial charge in [0.1, 0.15) is 12.4 Å². The molecule has 4 nitrogen and oxygen atoms in total. The second-order valence-corrected chi connectivity index (χ2v) is 6.75. The van der Waals surface area contributed by atoms with Crippen molar-refractivity contribution in [3.05, 3.63) is 72.2 Å². The SMILES string of the molecule is COc1cc(-c2cnc(C3=CC=CCC3)[nH]2)ccc1OCC1=CC=CCC1. The van der Waals surface area contributed by atoms with Crippen molar-refractivity contribution in [1.29, 1.82) is 0 Å². The summed E-state index contributed by atoms with van der Waals surface area (Å²) < 4.78 is 11.5. The summed E-state index contributed by atoms with van der Waals surface area (Å²) in [5.74, 6) is 2.43. The van der Waals surface area contributed by atoms with Gasteiger partial charge in [0.05, 0.1) is 19.0 Å². The number of allylic oxidation sites excluding steroid dienone is 7. The average Bonchev–Trinajstić information content (AvgIpc) is 3.24. The minimum atomic E-state index is 0.593. The zero-order valence-electron chi connectivity index (χ0n) is 15.6. The molecule has 0 amide bonds. The summed E-state index contributed by atoms with van der Waals surface area (Å²) >= 11 is 0. The van der Waals surface area contributed by atoms with Gasteiger partial charge in [0.15, 0.2) is 11.5 Å². The molecule has 27 heavy (non-hydrogen) atoms. The predicted octanol–water partition coefficient (Wildman–Crippen LogP) is 5.47. The Labute approximate surface area is 159 Å². The van der Waals surface area contributed by atoms with Crippen molar-refractivity contribution in [2.24, 2.45) is 0 Å². The van der Waals surface area contributed by atoms with Crippen LogP contribution >= 0.6 is 0 Å². The third-order valence-corrected chi connectivity index (χ3v) is 4.88. The van der Waals surface area contributed by atoms with E-state index in [2.05, 4.69) is 46.4 Å². The highest BCUT2D eigenvalue weighted by Crippen LogP contribution is 2.33. The molecule has 0 radical (unpaired) electrons. The van der Waals surface area contributed by atoms with Crippen LogP contribution in [0.5, 0.6) is 11.5 Å². The highest BCUT2D eigenvalue weighted by atomic mass is 16.5. The first-order valence-corrected chi connectivity index (χ1v) is 9.40. The van der Waals surface area contributed by atoms with E-state index in [1.165, 1.54) is 11.1 Å². The quantitative estimate of drug-likeness (QED) is 0.742. The Hall–Kier alpha value is -3.01. The van der Waals surface area contributed by atoms with Gasteiger partial charge >= 0.3 is 0 Å². The van der Waals surface area contributed by atoms with Gasteiger partial charge in [-0.15, -0.1) is 0 Å². The number of rotatable bonds is 6. The Morgan fingerprint density at radius 2 is 1.89 bits per heavy atom. The Morgan fingerprint density at radius 3 is 2.63 bits per heavy atom. The third kappa shape index (κ3) is 4.05. The van der Waals surface area contributed by atoms with Gasteiger partial charge in [-0.1, -0.05) is 36.5 Å². The fourth-order valence-corrected chi connectivity index (χ4v) is 3.33. The maximum absolute atomic E-state index is 5.99. The maximum atomic E-state index is 5.99. The van der Waals surface area contributed by atoms with Gasteiger partial charge in [-0.3, -0.25) is 0 Å². The van der Waals surface area contributed by atoms with Crippen LogP contribution in [0.4, 0.5) is 0 Å². The van der Waals surface area contributed by atoms with Gasteiger partial charge in [-0.25, -0.2) is 4.98 Å². The lowest BCUT2D eigenvalue weighted by molar-refractivity contribution is 0.316.